The van der Waals surface area contributed by atoms with E-state index in [-0.39, 0.29) is 22.8 Å². The Kier molecular flexibility index (Phi) is 5.77. The molecule has 0 fully saturated rings. The number of hydrogen-bond acceptors (Lipinski definition) is 5. The first-order valence-electron chi connectivity index (χ1n) is 11.1. The van der Waals surface area contributed by atoms with Crippen molar-refractivity contribution in [1.82, 2.24) is 0 Å². The second-order valence-electron chi connectivity index (χ2n) is 8.40. The minimum Gasteiger partial charge on any atom is -0.323 e. The molecule has 0 aromatic heterocycles. The number of sulfone groups is 1. The summed E-state index contributed by atoms with van der Waals surface area (Å²) in [5.74, 6) is -1.35. The van der Waals surface area contributed by atoms with Gasteiger partial charge in [-0.05, 0) is 47.9 Å². The summed E-state index contributed by atoms with van der Waals surface area (Å²) < 4.78 is 24.1. The van der Waals surface area contributed by atoms with E-state index in [0.717, 1.165) is 17.0 Å². The van der Waals surface area contributed by atoms with Crippen molar-refractivity contribution >= 4 is 61.1 Å². The van der Waals surface area contributed by atoms with Gasteiger partial charge in [-0.15, -0.1) is 0 Å². The van der Waals surface area contributed by atoms with E-state index >= 15 is 0 Å². The third-order valence-corrected chi connectivity index (χ3v) is 7.04. The third kappa shape index (κ3) is 4.32. The predicted octanol–water partition coefficient (Wildman–Crippen LogP) is 4.50. The molecule has 4 aromatic carbocycles. The molecule has 4 aromatic rings. The van der Waals surface area contributed by atoms with Gasteiger partial charge in [0.2, 0.25) is 11.8 Å². The molecule has 0 saturated heterocycles. The number of fused-ring (bicyclic) bond motifs is 3. The molecule has 0 radical (unpaired) electrons. The maximum Gasteiger partial charge on any atom is 0.256 e. The molecule has 1 heterocycles. The molecule has 0 atom stereocenters. The second-order valence-corrected chi connectivity index (χ2v) is 10.4. The lowest BCUT2D eigenvalue weighted by molar-refractivity contribution is -0.124. The van der Waals surface area contributed by atoms with E-state index in [1.165, 1.54) is 17.0 Å². The monoisotopic (exact) mass is 499 g/mol. The lowest BCUT2D eigenvalue weighted by atomic mass is 10.1. The van der Waals surface area contributed by atoms with Gasteiger partial charge in [-0.3, -0.25) is 19.3 Å². The summed E-state index contributed by atoms with van der Waals surface area (Å²) in [7, 11) is -3.59. The van der Waals surface area contributed by atoms with Crippen LogP contribution in [0.3, 0.4) is 0 Å². The smallest absolute Gasteiger partial charge is 0.256 e. The standard InChI is InChI=1S/C27H21N3O5S/c1-36(34,35)23-9-5-4-8-21(23)27(33)28-18-11-13-19(14-12-18)30-22-15-10-17-6-2-3-7-20(17)26(22)29-24(31)16-25(30)32/h2-15H,16H2,1H3,(H,28,33)(H,29,31). The molecule has 3 amide bonds. The van der Waals surface area contributed by atoms with Gasteiger partial charge in [0.05, 0.1) is 21.8 Å². The zero-order chi connectivity index (χ0) is 25.4. The number of hydrogen-bond donors (Lipinski definition) is 2. The summed E-state index contributed by atoms with van der Waals surface area (Å²) in [6, 6.07) is 23.8. The van der Waals surface area contributed by atoms with Gasteiger partial charge < -0.3 is 10.6 Å². The van der Waals surface area contributed by atoms with E-state index in [4.69, 9.17) is 0 Å². The maximum absolute atomic E-state index is 13.0. The second kappa shape index (κ2) is 8.94. The summed E-state index contributed by atoms with van der Waals surface area (Å²) in [6.45, 7) is 0. The van der Waals surface area contributed by atoms with E-state index in [1.54, 1.807) is 42.5 Å². The van der Waals surface area contributed by atoms with Crippen LogP contribution in [0.1, 0.15) is 16.8 Å². The average molecular weight is 500 g/mol. The summed E-state index contributed by atoms with van der Waals surface area (Å²) in [5, 5.41) is 7.31. The Hall–Kier alpha value is -4.50. The average Bonchev–Trinajstić information content (AvgIpc) is 2.98. The molecule has 1 aliphatic rings. The highest BCUT2D eigenvalue weighted by molar-refractivity contribution is 7.90. The first kappa shape index (κ1) is 23.3. The number of nitrogens with one attached hydrogen (secondary N) is 2. The summed E-state index contributed by atoms with van der Waals surface area (Å²) in [5.41, 5.74) is 2.07. The number of rotatable bonds is 4. The van der Waals surface area contributed by atoms with Gasteiger partial charge in [0.1, 0.15) is 6.42 Å². The molecule has 0 unspecified atom stereocenters. The van der Waals surface area contributed by atoms with Gasteiger partial charge in [-0.1, -0.05) is 42.5 Å². The minimum atomic E-state index is -3.59. The molecular formula is C27H21N3O5S. The van der Waals surface area contributed by atoms with Crippen molar-refractivity contribution in [2.75, 3.05) is 21.8 Å². The minimum absolute atomic E-state index is 0.0390. The molecule has 0 bridgehead atoms. The van der Waals surface area contributed by atoms with Crippen LogP contribution in [0.2, 0.25) is 0 Å². The van der Waals surface area contributed by atoms with Crippen molar-refractivity contribution in [3.05, 3.63) is 90.5 Å². The molecule has 0 aliphatic carbocycles. The highest BCUT2D eigenvalue weighted by atomic mass is 32.2. The van der Waals surface area contributed by atoms with Crippen molar-refractivity contribution in [1.29, 1.82) is 0 Å². The predicted molar refractivity (Wildman–Crippen MR) is 138 cm³/mol. The molecule has 0 spiro atoms. The molecular weight excluding hydrogens is 478 g/mol. The number of amides is 3. The van der Waals surface area contributed by atoms with Crippen LogP contribution in [0.4, 0.5) is 22.7 Å². The van der Waals surface area contributed by atoms with Gasteiger partial charge >= 0.3 is 0 Å². The summed E-state index contributed by atoms with van der Waals surface area (Å²) in [4.78, 5) is 39.7. The fraction of sp³-hybridized carbons (Fsp3) is 0.0741. The van der Waals surface area contributed by atoms with Gasteiger partial charge in [0.15, 0.2) is 9.84 Å². The van der Waals surface area contributed by atoms with Gasteiger partial charge in [0, 0.05) is 23.0 Å². The van der Waals surface area contributed by atoms with Crippen LogP contribution < -0.4 is 15.5 Å². The zero-order valence-electron chi connectivity index (χ0n) is 19.2. The Balaban J connectivity index is 1.48. The van der Waals surface area contributed by atoms with Crippen LogP contribution in [-0.2, 0) is 19.4 Å². The van der Waals surface area contributed by atoms with Crippen LogP contribution >= 0.6 is 0 Å². The van der Waals surface area contributed by atoms with E-state index < -0.39 is 21.7 Å². The lowest BCUT2D eigenvalue weighted by Gasteiger charge is -2.23. The quantitative estimate of drug-likeness (QED) is 0.402. The fourth-order valence-electron chi connectivity index (χ4n) is 4.27. The van der Waals surface area contributed by atoms with Crippen LogP contribution in [0, 0.1) is 0 Å². The Morgan fingerprint density at radius 1 is 0.889 bits per heavy atom. The zero-order valence-corrected chi connectivity index (χ0v) is 20.0. The van der Waals surface area contributed by atoms with E-state index in [0.29, 0.717) is 22.7 Å². The Morgan fingerprint density at radius 3 is 2.33 bits per heavy atom. The van der Waals surface area contributed by atoms with Gasteiger partial charge in [-0.25, -0.2) is 8.42 Å². The largest absolute Gasteiger partial charge is 0.323 e. The highest BCUT2D eigenvalue weighted by Gasteiger charge is 2.28. The summed E-state index contributed by atoms with van der Waals surface area (Å²) >= 11 is 0. The molecule has 1 aliphatic heterocycles. The van der Waals surface area contributed by atoms with Crippen molar-refractivity contribution in [2.24, 2.45) is 0 Å². The Morgan fingerprint density at radius 2 is 1.58 bits per heavy atom. The number of benzene rings is 4. The van der Waals surface area contributed by atoms with E-state index in [2.05, 4.69) is 10.6 Å². The first-order chi connectivity index (χ1) is 17.2. The highest BCUT2D eigenvalue weighted by Crippen LogP contribution is 2.40. The molecule has 2 N–H and O–H groups in total. The Labute approximate surface area is 207 Å². The molecule has 0 saturated carbocycles. The van der Waals surface area contributed by atoms with Gasteiger partial charge in [-0.2, -0.15) is 0 Å². The van der Waals surface area contributed by atoms with E-state index in [9.17, 15) is 22.8 Å². The van der Waals surface area contributed by atoms with Crippen molar-refractivity contribution in [3.63, 3.8) is 0 Å². The fourth-order valence-corrected chi connectivity index (χ4v) is 5.15. The molecule has 36 heavy (non-hydrogen) atoms. The number of carbonyl (C=O) groups is 3. The SMILES string of the molecule is CS(=O)(=O)c1ccccc1C(=O)Nc1ccc(N2C(=O)CC(=O)Nc3c2ccc2ccccc32)cc1. The van der Waals surface area contributed by atoms with Crippen molar-refractivity contribution in [2.45, 2.75) is 11.3 Å². The van der Waals surface area contributed by atoms with Crippen LogP contribution in [-0.4, -0.2) is 32.4 Å². The van der Waals surface area contributed by atoms with Crippen molar-refractivity contribution < 1.29 is 22.8 Å². The summed E-state index contributed by atoms with van der Waals surface area (Å²) in [6.07, 6.45) is 0.733. The van der Waals surface area contributed by atoms with Crippen LogP contribution in [0.15, 0.2) is 89.8 Å². The number of carbonyl (C=O) groups excluding carboxylic acids is 3. The van der Waals surface area contributed by atoms with Crippen LogP contribution in [0.5, 0.6) is 0 Å². The molecule has 8 nitrogen and oxygen atoms in total. The maximum atomic E-state index is 13.0. The molecule has 180 valence electrons. The number of nitrogens with zero attached hydrogens (tertiary/aromatic N) is 1. The Bertz CT molecular complexity index is 1650. The van der Waals surface area contributed by atoms with E-state index in [1.807, 2.05) is 30.3 Å². The van der Waals surface area contributed by atoms with Crippen molar-refractivity contribution in [3.8, 4) is 0 Å². The molecule has 5 rings (SSSR count). The number of anilines is 4. The third-order valence-electron chi connectivity index (χ3n) is 5.89. The molecule has 9 heteroatoms. The normalized spacial score (nSPS) is 13.6. The topological polar surface area (TPSA) is 113 Å². The van der Waals surface area contributed by atoms with Crippen LogP contribution in [0.25, 0.3) is 10.8 Å². The lowest BCUT2D eigenvalue weighted by Crippen LogP contribution is -2.26. The first-order valence-corrected chi connectivity index (χ1v) is 13.0. The van der Waals surface area contributed by atoms with Gasteiger partial charge in [0.25, 0.3) is 5.91 Å².